The van der Waals surface area contributed by atoms with E-state index in [0.29, 0.717) is 6.42 Å². The maximum Gasteiger partial charge on any atom is 0.134 e. The van der Waals surface area contributed by atoms with Crippen LogP contribution >= 0.6 is 0 Å². The summed E-state index contributed by atoms with van der Waals surface area (Å²) in [5, 5.41) is 1.06. The van der Waals surface area contributed by atoms with Gasteiger partial charge in [0.25, 0.3) is 0 Å². The minimum atomic E-state index is 0.0522. The summed E-state index contributed by atoms with van der Waals surface area (Å²) in [7, 11) is 0. The van der Waals surface area contributed by atoms with Crippen LogP contribution in [0, 0.1) is 0 Å². The molecule has 0 spiro atoms. The average molecular weight is 253 g/mol. The Morgan fingerprint density at radius 3 is 2.95 bits per heavy atom. The van der Waals surface area contributed by atoms with Gasteiger partial charge in [-0.1, -0.05) is 18.2 Å². The Hall–Kier alpha value is -2.20. The molecule has 19 heavy (non-hydrogen) atoms. The van der Waals surface area contributed by atoms with Crippen molar-refractivity contribution < 1.29 is 4.42 Å². The third-order valence-corrected chi connectivity index (χ3v) is 2.97. The first-order valence-electron chi connectivity index (χ1n) is 6.28. The molecule has 0 saturated heterocycles. The molecule has 2 aromatic heterocycles. The van der Waals surface area contributed by atoms with E-state index in [1.165, 1.54) is 0 Å². The number of nitrogens with two attached hydrogens (primary N) is 1. The van der Waals surface area contributed by atoms with Crippen LogP contribution in [0.5, 0.6) is 0 Å². The van der Waals surface area contributed by atoms with Crippen molar-refractivity contribution in [1.29, 1.82) is 0 Å². The fraction of sp³-hybridized carbons (Fsp3) is 0.200. The number of para-hydroxylation sites is 1. The van der Waals surface area contributed by atoms with Crippen molar-refractivity contribution >= 4 is 11.0 Å². The monoisotopic (exact) mass is 253 g/mol. The van der Waals surface area contributed by atoms with Gasteiger partial charge in [0.15, 0.2) is 0 Å². The van der Waals surface area contributed by atoms with Crippen LogP contribution in [-0.4, -0.2) is 16.0 Å². The summed E-state index contributed by atoms with van der Waals surface area (Å²) in [5.74, 6) is 0.762. The normalized spacial score (nSPS) is 12.7. The number of hydrogen-bond donors (Lipinski definition) is 1. The maximum absolute atomic E-state index is 5.79. The van der Waals surface area contributed by atoms with Gasteiger partial charge in [0.05, 0.1) is 5.69 Å². The first-order valence-corrected chi connectivity index (χ1v) is 6.28. The predicted molar refractivity (Wildman–Crippen MR) is 74.6 cm³/mol. The van der Waals surface area contributed by atoms with Crippen molar-refractivity contribution in [1.82, 2.24) is 9.97 Å². The highest BCUT2D eigenvalue weighted by atomic mass is 16.3. The van der Waals surface area contributed by atoms with Crippen molar-refractivity contribution in [2.24, 2.45) is 5.73 Å². The molecule has 96 valence electrons. The summed E-state index contributed by atoms with van der Waals surface area (Å²) in [5.41, 5.74) is 8.51. The van der Waals surface area contributed by atoms with Crippen molar-refractivity contribution in [3.8, 4) is 11.3 Å². The molecule has 2 N–H and O–H groups in total. The molecule has 1 atom stereocenters. The minimum Gasteiger partial charge on any atom is -0.464 e. The van der Waals surface area contributed by atoms with Crippen LogP contribution in [-0.2, 0) is 6.42 Å². The van der Waals surface area contributed by atoms with E-state index < -0.39 is 0 Å². The standard InChI is InChI=1S/C15H15N3O/c1-10(16)8-15-17-7-6-13(18-15)12-9-19-14-5-3-2-4-11(12)14/h2-7,9-10H,8,16H2,1H3. The molecular formula is C15H15N3O. The highest BCUT2D eigenvalue weighted by molar-refractivity contribution is 5.92. The molecule has 2 heterocycles. The van der Waals surface area contributed by atoms with Gasteiger partial charge in [0.1, 0.15) is 17.7 Å². The van der Waals surface area contributed by atoms with Crippen LogP contribution in [0.2, 0.25) is 0 Å². The van der Waals surface area contributed by atoms with E-state index >= 15 is 0 Å². The number of aromatic nitrogens is 2. The molecule has 0 aliphatic heterocycles. The van der Waals surface area contributed by atoms with Crippen LogP contribution in [0.1, 0.15) is 12.7 Å². The number of rotatable bonds is 3. The Bertz CT molecular complexity index is 703. The molecule has 1 aromatic carbocycles. The summed E-state index contributed by atoms with van der Waals surface area (Å²) in [6.07, 6.45) is 4.17. The molecular weight excluding hydrogens is 238 g/mol. The van der Waals surface area contributed by atoms with Gasteiger partial charge < -0.3 is 10.2 Å². The zero-order chi connectivity index (χ0) is 13.2. The summed E-state index contributed by atoms with van der Waals surface area (Å²) in [6, 6.07) is 9.87. The second-order valence-electron chi connectivity index (χ2n) is 4.69. The summed E-state index contributed by atoms with van der Waals surface area (Å²) < 4.78 is 5.54. The molecule has 0 amide bonds. The van der Waals surface area contributed by atoms with Gasteiger partial charge in [-0.25, -0.2) is 9.97 Å². The van der Waals surface area contributed by atoms with Crippen LogP contribution in [0.25, 0.3) is 22.2 Å². The van der Waals surface area contributed by atoms with E-state index in [4.69, 9.17) is 10.2 Å². The lowest BCUT2D eigenvalue weighted by molar-refractivity contribution is 0.616. The number of benzene rings is 1. The second kappa shape index (κ2) is 4.82. The smallest absolute Gasteiger partial charge is 0.134 e. The molecule has 0 saturated carbocycles. The van der Waals surface area contributed by atoms with E-state index in [2.05, 4.69) is 9.97 Å². The number of hydrogen-bond acceptors (Lipinski definition) is 4. The number of nitrogens with zero attached hydrogens (tertiary/aromatic N) is 2. The topological polar surface area (TPSA) is 64.9 Å². The molecule has 0 radical (unpaired) electrons. The van der Waals surface area contributed by atoms with E-state index in [1.54, 1.807) is 12.5 Å². The lowest BCUT2D eigenvalue weighted by Gasteiger charge is -2.05. The van der Waals surface area contributed by atoms with Gasteiger partial charge >= 0.3 is 0 Å². The SMILES string of the molecule is CC(N)Cc1nccc(-c2coc3ccccc23)n1. The molecule has 0 aliphatic rings. The molecule has 1 unspecified atom stereocenters. The number of furan rings is 1. The third-order valence-electron chi connectivity index (χ3n) is 2.97. The first kappa shape index (κ1) is 11.9. The predicted octanol–water partition coefficient (Wildman–Crippen LogP) is 2.78. The zero-order valence-corrected chi connectivity index (χ0v) is 10.7. The Balaban J connectivity index is 2.06. The van der Waals surface area contributed by atoms with Crippen molar-refractivity contribution in [2.45, 2.75) is 19.4 Å². The van der Waals surface area contributed by atoms with Crippen molar-refractivity contribution in [3.05, 3.63) is 48.6 Å². The third kappa shape index (κ3) is 2.35. The van der Waals surface area contributed by atoms with E-state index in [-0.39, 0.29) is 6.04 Å². The highest BCUT2D eigenvalue weighted by Gasteiger charge is 2.10. The highest BCUT2D eigenvalue weighted by Crippen LogP contribution is 2.28. The molecule has 4 heteroatoms. The number of fused-ring (bicyclic) bond motifs is 1. The van der Waals surface area contributed by atoms with Gasteiger partial charge in [-0.2, -0.15) is 0 Å². The van der Waals surface area contributed by atoms with E-state index in [1.807, 2.05) is 37.3 Å². The summed E-state index contributed by atoms with van der Waals surface area (Å²) in [4.78, 5) is 8.80. The van der Waals surface area contributed by atoms with Gasteiger partial charge in [-0.3, -0.25) is 0 Å². The Morgan fingerprint density at radius 1 is 1.26 bits per heavy atom. The first-order chi connectivity index (χ1) is 9.24. The molecule has 0 aliphatic carbocycles. The molecule has 3 aromatic rings. The van der Waals surface area contributed by atoms with Crippen LogP contribution in [0.4, 0.5) is 0 Å². The molecule has 3 rings (SSSR count). The summed E-state index contributed by atoms with van der Waals surface area (Å²) >= 11 is 0. The maximum atomic E-state index is 5.79. The van der Waals surface area contributed by atoms with Crippen LogP contribution in [0.3, 0.4) is 0 Å². The quantitative estimate of drug-likeness (QED) is 0.779. The Morgan fingerprint density at radius 2 is 2.11 bits per heavy atom. The molecule has 4 nitrogen and oxygen atoms in total. The van der Waals surface area contributed by atoms with Crippen LogP contribution < -0.4 is 5.73 Å². The second-order valence-corrected chi connectivity index (χ2v) is 4.69. The Kier molecular flexibility index (Phi) is 3.01. The largest absolute Gasteiger partial charge is 0.464 e. The van der Waals surface area contributed by atoms with Gasteiger partial charge in [0, 0.05) is 29.6 Å². The van der Waals surface area contributed by atoms with Crippen molar-refractivity contribution in [3.63, 3.8) is 0 Å². The van der Waals surface area contributed by atoms with E-state index in [0.717, 1.165) is 28.1 Å². The van der Waals surface area contributed by atoms with Gasteiger partial charge in [-0.05, 0) is 19.1 Å². The van der Waals surface area contributed by atoms with Gasteiger partial charge in [0.2, 0.25) is 0 Å². The minimum absolute atomic E-state index is 0.0522. The van der Waals surface area contributed by atoms with Crippen LogP contribution in [0.15, 0.2) is 47.2 Å². The van der Waals surface area contributed by atoms with Gasteiger partial charge in [-0.15, -0.1) is 0 Å². The lowest BCUT2D eigenvalue weighted by Crippen LogP contribution is -2.19. The van der Waals surface area contributed by atoms with Crippen molar-refractivity contribution in [2.75, 3.05) is 0 Å². The Labute approximate surface area is 111 Å². The molecule has 0 fully saturated rings. The fourth-order valence-corrected chi connectivity index (χ4v) is 2.11. The fourth-order valence-electron chi connectivity index (χ4n) is 2.11. The average Bonchev–Trinajstić information content (AvgIpc) is 2.82. The summed E-state index contributed by atoms with van der Waals surface area (Å²) in [6.45, 7) is 1.95. The molecule has 0 bridgehead atoms. The zero-order valence-electron chi connectivity index (χ0n) is 10.7. The lowest BCUT2D eigenvalue weighted by atomic mass is 10.1. The van der Waals surface area contributed by atoms with E-state index in [9.17, 15) is 0 Å².